The van der Waals surface area contributed by atoms with Crippen LogP contribution in [0.1, 0.15) is 51.0 Å². The molecular formula is C14H21BrN2OS. The highest BCUT2D eigenvalue weighted by Crippen LogP contribution is 2.39. The third-order valence-corrected chi connectivity index (χ3v) is 5.18. The predicted octanol–water partition coefficient (Wildman–Crippen LogP) is 3.69. The molecule has 1 aromatic rings. The normalized spacial score (nSPS) is 25.5. The highest BCUT2D eigenvalue weighted by Gasteiger charge is 2.39. The maximum atomic E-state index is 12.5. The van der Waals surface area contributed by atoms with Crippen LogP contribution in [0.15, 0.2) is 15.9 Å². The first-order valence-electron chi connectivity index (χ1n) is 6.63. The topological polar surface area (TPSA) is 46.3 Å². The van der Waals surface area contributed by atoms with E-state index in [9.17, 15) is 4.79 Å². The van der Waals surface area contributed by atoms with Gasteiger partial charge in [-0.2, -0.15) is 0 Å². The first-order chi connectivity index (χ1) is 8.80. The lowest BCUT2D eigenvalue weighted by atomic mass is 9.97. The van der Waals surface area contributed by atoms with Gasteiger partial charge in [-0.25, -0.2) is 0 Å². The van der Waals surface area contributed by atoms with E-state index >= 15 is 0 Å². The molecule has 1 aromatic heterocycles. The predicted molar refractivity (Wildman–Crippen MR) is 83.2 cm³/mol. The second-order valence-electron chi connectivity index (χ2n) is 6.08. The fraction of sp³-hybridized carbons (Fsp3) is 0.643. The van der Waals surface area contributed by atoms with Crippen LogP contribution >= 0.6 is 27.3 Å². The minimum atomic E-state index is -0.208. The van der Waals surface area contributed by atoms with E-state index in [-0.39, 0.29) is 23.5 Å². The quantitative estimate of drug-likeness (QED) is 0.844. The van der Waals surface area contributed by atoms with E-state index in [0.717, 1.165) is 16.6 Å². The van der Waals surface area contributed by atoms with Gasteiger partial charge in [0.05, 0.1) is 9.83 Å². The summed E-state index contributed by atoms with van der Waals surface area (Å²) in [4.78, 5) is 15.6. The number of halogens is 1. The van der Waals surface area contributed by atoms with Gasteiger partial charge < -0.3 is 10.6 Å². The van der Waals surface area contributed by atoms with Crippen molar-refractivity contribution in [2.24, 2.45) is 5.73 Å². The van der Waals surface area contributed by atoms with Crippen LogP contribution in [-0.4, -0.2) is 22.4 Å². The highest BCUT2D eigenvalue weighted by atomic mass is 79.9. The molecule has 2 unspecified atom stereocenters. The van der Waals surface area contributed by atoms with Crippen LogP contribution in [0.4, 0.5) is 0 Å². The summed E-state index contributed by atoms with van der Waals surface area (Å²) in [5, 5.41) is 0. The van der Waals surface area contributed by atoms with E-state index in [0.29, 0.717) is 6.42 Å². The van der Waals surface area contributed by atoms with E-state index < -0.39 is 0 Å². The Morgan fingerprint density at radius 1 is 1.42 bits per heavy atom. The zero-order chi connectivity index (χ0) is 14.2. The van der Waals surface area contributed by atoms with Gasteiger partial charge in [0.1, 0.15) is 0 Å². The van der Waals surface area contributed by atoms with Crippen molar-refractivity contribution in [3.05, 3.63) is 20.8 Å². The zero-order valence-corrected chi connectivity index (χ0v) is 14.1. The van der Waals surface area contributed by atoms with Crippen LogP contribution in [-0.2, 0) is 4.79 Å². The van der Waals surface area contributed by atoms with E-state index in [2.05, 4.69) is 42.8 Å². The summed E-state index contributed by atoms with van der Waals surface area (Å²) in [6.07, 6.45) is 2.39. The van der Waals surface area contributed by atoms with E-state index in [1.165, 1.54) is 4.88 Å². The lowest BCUT2D eigenvalue weighted by molar-refractivity contribution is -0.138. The number of amides is 1. The van der Waals surface area contributed by atoms with E-state index in [1.807, 2.05) is 11.0 Å². The van der Waals surface area contributed by atoms with Gasteiger partial charge >= 0.3 is 0 Å². The number of thiophene rings is 1. The SMILES string of the molecule is CC(C)(C)N1C(=O)CCCC(N)C1c1ccc(Br)s1. The maximum Gasteiger partial charge on any atom is 0.223 e. The van der Waals surface area contributed by atoms with Crippen LogP contribution in [0.2, 0.25) is 0 Å². The summed E-state index contributed by atoms with van der Waals surface area (Å²) >= 11 is 5.17. The molecule has 3 nitrogen and oxygen atoms in total. The second kappa shape index (κ2) is 5.54. The van der Waals surface area contributed by atoms with Crippen LogP contribution < -0.4 is 5.73 Å². The van der Waals surface area contributed by atoms with Crippen LogP contribution in [0.5, 0.6) is 0 Å². The van der Waals surface area contributed by atoms with Gasteiger partial charge in [0.2, 0.25) is 5.91 Å². The van der Waals surface area contributed by atoms with Crippen LogP contribution in [0, 0.1) is 0 Å². The summed E-state index contributed by atoms with van der Waals surface area (Å²) in [6, 6.07) is 4.11. The molecule has 0 bridgehead atoms. The van der Waals surface area contributed by atoms with Gasteiger partial charge in [-0.15, -0.1) is 11.3 Å². The lowest BCUT2D eigenvalue weighted by Crippen LogP contribution is -2.51. The van der Waals surface area contributed by atoms with Crippen LogP contribution in [0.3, 0.4) is 0 Å². The molecule has 5 heteroatoms. The summed E-state index contributed by atoms with van der Waals surface area (Å²) in [5.74, 6) is 0.218. The Balaban J connectivity index is 2.45. The van der Waals surface area contributed by atoms with Crippen molar-refractivity contribution in [2.45, 2.75) is 57.7 Å². The van der Waals surface area contributed by atoms with Gasteiger partial charge in [0, 0.05) is 22.9 Å². The number of hydrogen-bond acceptors (Lipinski definition) is 3. The number of nitrogens with zero attached hydrogens (tertiary/aromatic N) is 1. The molecule has 2 N–H and O–H groups in total. The molecule has 0 aliphatic carbocycles. The first-order valence-corrected chi connectivity index (χ1v) is 8.24. The highest BCUT2D eigenvalue weighted by molar-refractivity contribution is 9.11. The molecule has 0 saturated carbocycles. The Morgan fingerprint density at radius 3 is 2.63 bits per heavy atom. The Bertz CT molecular complexity index is 466. The smallest absolute Gasteiger partial charge is 0.223 e. The molecular weight excluding hydrogens is 324 g/mol. The Kier molecular flexibility index (Phi) is 4.38. The molecule has 1 aliphatic rings. The zero-order valence-electron chi connectivity index (χ0n) is 11.6. The summed E-state index contributed by atoms with van der Waals surface area (Å²) < 4.78 is 1.08. The van der Waals surface area contributed by atoms with Gasteiger partial charge in [-0.05, 0) is 61.7 Å². The Hall–Kier alpha value is -0.390. The molecule has 0 radical (unpaired) electrons. The van der Waals surface area contributed by atoms with Crippen molar-refractivity contribution >= 4 is 33.2 Å². The molecule has 2 heterocycles. The fourth-order valence-electron chi connectivity index (χ4n) is 2.73. The number of hydrogen-bond donors (Lipinski definition) is 1. The molecule has 2 rings (SSSR count). The van der Waals surface area contributed by atoms with Gasteiger partial charge in [0.25, 0.3) is 0 Å². The molecule has 1 fully saturated rings. The number of carbonyl (C=O) groups excluding carboxylic acids is 1. The van der Waals surface area contributed by atoms with Crippen molar-refractivity contribution in [2.75, 3.05) is 0 Å². The van der Waals surface area contributed by atoms with Crippen LogP contribution in [0.25, 0.3) is 0 Å². The minimum Gasteiger partial charge on any atom is -0.328 e. The number of rotatable bonds is 1. The van der Waals surface area contributed by atoms with E-state index in [4.69, 9.17) is 5.73 Å². The molecule has 19 heavy (non-hydrogen) atoms. The third-order valence-electron chi connectivity index (χ3n) is 3.49. The molecule has 0 aromatic carbocycles. The molecule has 0 spiro atoms. The number of likely N-dealkylation sites (tertiary alicyclic amines) is 1. The van der Waals surface area contributed by atoms with Gasteiger partial charge in [0.15, 0.2) is 0 Å². The second-order valence-corrected chi connectivity index (χ2v) is 8.57. The maximum absolute atomic E-state index is 12.5. The molecule has 1 saturated heterocycles. The number of carbonyl (C=O) groups is 1. The summed E-state index contributed by atoms with van der Waals surface area (Å²) in [6.45, 7) is 6.25. The Morgan fingerprint density at radius 2 is 2.11 bits per heavy atom. The van der Waals surface area contributed by atoms with Crippen molar-refractivity contribution in [1.82, 2.24) is 4.90 Å². The minimum absolute atomic E-state index is 0.00806. The average Bonchev–Trinajstić information content (AvgIpc) is 2.63. The molecule has 106 valence electrons. The first kappa shape index (κ1) is 15.0. The Labute approximate surface area is 127 Å². The third kappa shape index (κ3) is 3.20. The average molecular weight is 345 g/mol. The van der Waals surface area contributed by atoms with Crippen molar-refractivity contribution in [3.63, 3.8) is 0 Å². The van der Waals surface area contributed by atoms with Crippen molar-refractivity contribution in [3.8, 4) is 0 Å². The molecule has 2 atom stereocenters. The largest absolute Gasteiger partial charge is 0.328 e. The lowest BCUT2D eigenvalue weighted by Gasteiger charge is -2.42. The fourth-order valence-corrected chi connectivity index (χ4v) is 4.32. The van der Waals surface area contributed by atoms with Crippen molar-refractivity contribution in [1.29, 1.82) is 0 Å². The summed E-state index contributed by atoms with van der Waals surface area (Å²) in [5.41, 5.74) is 6.16. The van der Waals surface area contributed by atoms with Gasteiger partial charge in [-0.3, -0.25) is 4.79 Å². The summed E-state index contributed by atoms with van der Waals surface area (Å²) in [7, 11) is 0. The molecule has 1 aliphatic heterocycles. The standard InChI is InChI=1S/C14H21BrN2OS/c1-14(2,3)17-12(18)6-4-5-9(16)13(17)10-7-8-11(15)19-10/h7-9,13H,4-6,16H2,1-3H3. The number of nitrogens with two attached hydrogens (primary N) is 1. The van der Waals surface area contributed by atoms with Gasteiger partial charge in [-0.1, -0.05) is 0 Å². The van der Waals surface area contributed by atoms with E-state index in [1.54, 1.807) is 11.3 Å². The molecule has 1 amide bonds. The van der Waals surface area contributed by atoms with Crippen molar-refractivity contribution < 1.29 is 4.79 Å². The monoisotopic (exact) mass is 344 g/mol.